The summed E-state index contributed by atoms with van der Waals surface area (Å²) in [4.78, 5) is 26.3. The van der Waals surface area contributed by atoms with Gasteiger partial charge in [0.1, 0.15) is 17.0 Å². The van der Waals surface area contributed by atoms with Crippen molar-refractivity contribution in [3.8, 4) is 17.4 Å². The number of hydrogen-bond donors (Lipinski definition) is 1. The SMILES string of the molecule is COc1ncc(Oc2c(Cl)cc([N+](=O)[O-])cc2Cl)cc1NC(=O)OC(C)(C)C. The normalized spacial score (nSPS) is 10.9. The largest absolute Gasteiger partial charge is 0.480 e. The summed E-state index contributed by atoms with van der Waals surface area (Å²) in [6.45, 7) is 5.17. The van der Waals surface area contributed by atoms with Gasteiger partial charge in [-0.15, -0.1) is 0 Å². The Morgan fingerprint density at radius 1 is 1.21 bits per heavy atom. The zero-order valence-electron chi connectivity index (χ0n) is 15.4. The fourth-order valence-electron chi connectivity index (χ4n) is 2.02. The van der Waals surface area contributed by atoms with Crippen LogP contribution >= 0.6 is 23.2 Å². The molecule has 1 aromatic heterocycles. The van der Waals surface area contributed by atoms with Crippen molar-refractivity contribution >= 4 is 40.7 Å². The molecular formula is C17H17Cl2N3O6. The molecule has 0 radical (unpaired) electrons. The topological polar surface area (TPSA) is 113 Å². The highest BCUT2D eigenvalue weighted by molar-refractivity contribution is 6.37. The Labute approximate surface area is 170 Å². The summed E-state index contributed by atoms with van der Waals surface area (Å²) < 4.78 is 15.9. The number of nitrogens with zero attached hydrogens (tertiary/aromatic N) is 2. The van der Waals surface area contributed by atoms with Gasteiger partial charge in [0.05, 0.1) is 28.3 Å². The number of carbonyl (C=O) groups excluding carboxylic acids is 1. The minimum atomic E-state index is -0.712. The second kappa shape index (κ2) is 8.49. The van der Waals surface area contributed by atoms with Gasteiger partial charge in [-0.05, 0) is 20.8 Å². The molecule has 11 heteroatoms. The molecular weight excluding hydrogens is 413 g/mol. The molecule has 28 heavy (non-hydrogen) atoms. The molecule has 1 heterocycles. The molecule has 0 atom stereocenters. The molecule has 1 amide bonds. The van der Waals surface area contributed by atoms with Crippen molar-refractivity contribution in [2.75, 3.05) is 12.4 Å². The van der Waals surface area contributed by atoms with E-state index in [1.54, 1.807) is 20.8 Å². The average molecular weight is 430 g/mol. The Hall–Kier alpha value is -2.78. The first-order valence-electron chi connectivity index (χ1n) is 7.85. The van der Waals surface area contributed by atoms with E-state index in [0.717, 1.165) is 12.1 Å². The number of methoxy groups -OCH3 is 1. The van der Waals surface area contributed by atoms with Crippen LogP contribution in [0.2, 0.25) is 10.0 Å². The molecule has 2 aromatic rings. The van der Waals surface area contributed by atoms with E-state index >= 15 is 0 Å². The molecule has 0 fully saturated rings. The van der Waals surface area contributed by atoms with Crippen molar-refractivity contribution in [1.29, 1.82) is 0 Å². The molecule has 1 N–H and O–H groups in total. The Morgan fingerprint density at radius 2 is 1.82 bits per heavy atom. The van der Waals surface area contributed by atoms with Crippen LogP contribution in [0.4, 0.5) is 16.2 Å². The van der Waals surface area contributed by atoms with Crippen LogP contribution in [0, 0.1) is 10.1 Å². The third kappa shape index (κ3) is 5.61. The number of anilines is 1. The highest BCUT2D eigenvalue weighted by Gasteiger charge is 2.20. The lowest BCUT2D eigenvalue weighted by molar-refractivity contribution is -0.384. The van der Waals surface area contributed by atoms with Crippen LogP contribution in [0.25, 0.3) is 0 Å². The van der Waals surface area contributed by atoms with Crippen molar-refractivity contribution in [2.45, 2.75) is 26.4 Å². The van der Waals surface area contributed by atoms with Gasteiger partial charge < -0.3 is 14.2 Å². The Balaban J connectivity index is 2.31. The summed E-state index contributed by atoms with van der Waals surface area (Å²) in [7, 11) is 1.38. The molecule has 0 unspecified atom stereocenters. The average Bonchev–Trinajstić information content (AvgIpc) is 2.56. The minimum Gasteiger partial charge on any atom is -0.480 e. The number of rotatable bonds is 5. The van der Waals surface area contributed by atoms with Crippen molar-refractivity contribution in [1.82, 2.24) is 4.98 Å². The first-order valence-corrected chi connectivity index (χ1v) is 8.61. The molecule has 1 aromatic carbocycles. The number of aromatic nitrogens is 1. The van der Waals surface area contributed by atoms with Crippen molar-refractivity contribution in [3.05, 3.63) is 44.6 Å². The number of amides is 1. The maximum absolute atomic E-state index is 12.0. The zero-order chi connectivity index (χ0) is 21.1. The first-order chi connectivity index (χ1) is 13.0. The van der Waals surface area contributed by atoms with Gasteiger partial charge in [-0.1, -0.05) is 23.2 Å². The number of non-ortho nitro benzene ring substituents is 1. The molecule has 0 aliphatic rings. The van der Waals surface area contributed by atoms with Crippen LogP contribution in [-0.2, 0) is 4.74 Å². The van der Waals surface area contributed by atoms with E-state index in [1.807, 2.05) is 0 Å². The molecule has 150 valence electrons. The number of nitro benzene ring substituents is 1. The molecule has 0 bridgehead atoms. The number of pyridine rings is 1. The maximum Gasteiger partial charge on any atom is 0.412 e. The zero-order valence-corrected chi connectivity index (χ0v) is 16.9. The fourth-order valence-corrected chi connectivity index (χ4v) is 2.57. The Bertz CT molecular complexity index is 891. The van der Waals surface area contributed by atoms with Crippen LogP contribution < -0.4 is 14.8 Å². The number of nitro groups is 1. The predicted molar refractivity (Wildman–Crippen MR) is 104 cm³/mol. The number of halogens is 2. The fraction of sp³-hybridized carbons (Fsp3) is 0.294. The van der Waals surface area contributed by atoms with Crippen molar-refractivity contribution < 1.29 is 23.9 Å². The van der Waals surface area contributed by atoms with Crippen LogP contribution in [0.5, 0.6) is 17.4 Å². The molecule has 0 aliphatic heterocycles. The van der Waals surface area contributed by atoms with Gasteiger partial charge >= 0.3 is 6.09 Å². The first kappa shape index (κ1) is 21.5. The maximum atomic E-state index is 12.0. The smallest absolute Gasteiger partial charge is 0.412 e. The van der Waals surface area contributed by atoms with Gasteiger partial charge in [-0.25, -0.2) is 9.78 Å². The van der Waals surface area contributed by atoms with E-state index in [4.69, 9.17) is 37.4 Å². The summed E-state index contributed by atoms with van der Waals surface area (Å²) in [5.74, 6) is 0.285. The van der Waals surface area contributed by atoms with Gasteiger partial charge in [0.15, 0.2) is 5.75 Å². The number of nitrogens with one attached hydrogen (secondary N) is 1. The van der Waals surface area contributed by atoms with Gasteiger partial charge in [0.2, 0.25) is 5.88 Å². The minimum absolute atomic E-state index is 0.00381. The summed E-state index contributed by atoms with van der Waals surface area (Å²) in [6.07, 6.45) is 0.601. The van der Waals surface area contributed by atoms with Crippen LogP contribution in [-0.4, -0.2) is 28.7 Å². The number of benzene rings is 1. The third-order valence-electron chi connectivity index (χ3n) is 3.07. The summed E-state index contributed by atoms with van der Waals surface area (Å²) in [5.41, 5.74) is -0.788. The quantitative estimate of drug-likeness (QED) is 0.496. The second-order valence-corrected chi connectivity index (χ2v) is 7.27. The molecule has 9 nitrogen and oxygen atoms in total. The van der Waals surface area contributed by atoms with Gasteiger partial charge in [-0.2, -0.15) is 0 Å². The van der Waals surface area contributed by atoms with Crippen LogP contribution in [0.3, 0.4) is 0 Å². The van der Waals surface area contributed by atoms with E-state index in [1.165, 1.54) is 19.4 Å². The van der Waals surface area contributed by atoms with E-state index in [-0.39, 0.29) is 38.8 Å². The van der Waals surface area contributed by atoms with E-state index < -0.39 is 16.6 Å². The van der Waals surface area contributed by atoms with Gasteiger partial charge in [0.25, 0.3) is 5.69 Å². The summed E-state index contributed by atoms with van der Waals surface area (Å²) in [6, 6.07) is 3.64. The molecule has 2 rings (SSSR count). The number of ether oxygens (including phenoxy) is 3. The summed E-state index contributed by atoms with van der Waals surface area (Å²) >= 11 is 12.1. The monoisotopic (exact) mass is 429 g/mol. The summed E-state index contributed by atoms with van der Waals surface area (Å²) in [5, 5.41) is 13.3. The van der Waals surface area contributed by atoms with Crippen molar-refractivity contribution in [3.63, 3.8) is 0 Å². The lowest BCUT2D eigenvalue weighted by atomic mass is 10.2. The Morgan fingerprint density at radius 3 is 2.32 bits per heavy atom. The van der Waals surface area contributed by atoms with E-state index in [0.29, 0.717) is 0 Å². The number of hydrogen-bond acceptors (Lipinski definition) is 7. The molecule has 0 saturated carbocycles. The van der Waals surface area contributed by atoms with Crippen LogP contribution in [0.15, 0.2) is 24.4 Å². The molecule has 0 saturated heterocycles. The highest BCUT2D eigenvalue weighted by Crippen LogP contribution is 2.40. The standard InChI is InChI=1S/C17H17Cl2N3O6/c1-17(2,3)28-16(23)21-13-7-10(8-20-15(13)26-4)27-14-11(18)5-9(22(24)25)6-12(14)19/h5-8H,1-4H3,(H,21,23). The highest BCUT2D eigenvalue weighted by atomic mass is 35.5. The van der Waals surface area contributed by atoms with Gasteiger partial charge in [-0.3, -0.25) is 15.4 Å². The van der Waals surface area contributed by atoms with Gasteiger partial charge in [0, 0.05) is 18.2 Å². The second-order valence-electron chi connectivity index (χ2n) is 6.45. The Kier molecular flexibility index (Phi) is 6.52. The van der Waals surface area contributed by atoms with Crippen LogP contribution in [0.1, 0.15) is 20.8 Å². The molecule has 0 spiro atoms. The van der Waals surface area contributed by atoms with E-state index in [9.17, 15) is 14.9 Å². The lowest BCUT2D eigenvalue weighted by Crippen LogP contribution is -2.27. The van der Waals surface area contributed by atoms with Crippen molar-refractivity contribution in [2.24, 2.45) is 0 Å². The third-order valence-corrected chi connectivity index (χ3v) is 3.63. The molecule has 0 aliphatic carbocycles. The van der Waals surface area contributed by atoms with E-state index in [2.05, 4.69) is 10.3 Å². The lowest BCUT2D eigenvalue weighted by Gasteiger charge is -2.20. The number of carbonyl (C=O) groups is 1. The predicted octanol–water partition coefficient (Wildman–Crippen LogP) is 5.44.